The Morgan fingerprint density at radius 2 is 0.942 bits per heavy atom. The molecule has 244 valence electrons. The molecule has 1 heterocycles. The first-order valence-corrected chi connectivity index (χ1v) is 18.6. The van der Waals surface area contributed by atoms with Gasteiger partial charge in [-0.3, -0.25) is 0 Å². The molecule has 0 aliphatic heterocycles. The van der Waals surface area contributed by atoms with Gasteiger partial charge in [-0.2, -0.15) is 0 Å². The molecule has 0 radical (unpaired) electrons. The lowest BCUT2D eigenvalue weighted by molar-refractivity contribution is 1.30. The lowest BCUT2D eigenvalue weighted by Gasteiger charge is -2.29. The van der Waals surface area contributed by atoms with E-state index >= 15 is 0 Å². The van der Waals surface area contributed by atoms with Gasteiger partial charge in [-0.25, -0.2) is 0 Å². The normalized spacial score (nSPS) is 11.5. The minimum absolute atomic E-state index is 1.11. The van der Waals surface area contributed by atoms with Crippen LogP contribution in [0.15, 0.2) is 200 Å². The number of rotatable bonds is 6. The Morgan fingerprint density at radius 1 is 0.327 bits per heavy atom. The summed E-state index contributed by atoms with van der Waals surface area (Å²) in [6, 6.07) is 73.1. The topological polar surface area (TPSA) is 3.24 Å². The van der Waals surface area contributed by atoms with Crippen molar-refractivity contribution >= 4 is 70.1 Å². The Balaban J connectivity index is 1.22. The number of hydrogen-bond acceptors (Lipinski definition) is 2. The van der Waals surface area contributed by atoms with E-state index in [0.29, 0.717) is 0 Å². The molecular weight excluding hydrogens is 647 g/mol. The average molecular weight is 680 g/mol. The van der Waals surface area contributed by atoms with Gasteiger partial charge in [0.05, 0.1) is 16.1 Å². The molecule has 52 heavy (non-hydrogen) atoms. The second kappa shape index (κ2) is 12.7. The standard InChI is InChI=1S/C50H33NS/c1-2-13-36(14-3-1)44-31-28-40(39-25-24-34-12-4-5-16-38(34)32-39)33-48(44)51(47-22-11-21-46-45-19-8-9-23-49(45)52-50(46)47)41-29-26-37(27-30-41)43-20-10-17-35-15-6-7-18-42(35)43/h1-33H. The molecule has 10 rings (SSSR count). The number of thiophene rings is 1. The Morgan fingerprint density at radius 3 is 1.81 bits per heavy atom. The minimum atomic E-state index is 1.11. The third kappa shape index (κ3) is 5.24. The molecule has 1 nitrogen and oxygen atoms in total. The van der Waals surface area contributed by atoms with Gasteiger partial charge in [-0.05, 0) is 85.8 Å². The van der Waals surface area contributed by atoms with Gasteiger partial charge in [0.2, 0.25) is 0 Å². The number of benzene rings is 9. The van der Waals surface area contributed by atoms with E-state index in [1.165, 1.54) is 80.8 Å². The third-order valence-electron chi connectivity index (χ3n) is 10.3. The van der Waals surface area contributed by atoms with E-state index in [1.54, 1.807) is 0 Å². The van der Waals surface area contributed by atoms with Crippen molar-refractivity contribution in [2.45, 2.75) is 0 Å². The molecule has 0 atom stereocenters. The largest absolute Gasteiger partial charge is 0.308 e. The van der Waals surface area contributed by atoms with E-state index < -0.39 is 0 Å². The van der Waals surface area contributed by atoms with Crippen LogP contribution in [0.4, 0.5) is 17.1 Å². The first kappa shape index (κ1) is 30.4. The van der Waals surface area contributed by atoms with Gasteiger partial charge in [0.25, 0.3) is 0 Å². The van der Waals surface area contributed by atoms with Crippen molar-refractivity contribution in [1.29, 1.82) is 0 Å². The fraction of sp³-hybridized carbons (Fsp3) is 0. The van der Waals surface area contributed by atoms with Crippen molar-refractivity contribution in [2.24, 2.45) is 0 Å². The number of anilines is 3. The van der Waals surface area contributed by atoms with Crippen molar-refractivity contribution in [3.63, 3.8) is 0 Å². The van der Waals surface area contributed by atoms with Crippen LogP contribution >= 0.6 is 11.3 Å². The molecular formula is C50H33NS. The molecule has 0 spiro atoms. The summed E-state index contributed by atoms with van der Waals surface area (Å²) < 4.78 is 2.57. The van der Waals surface area contributed by atoms with E-state index in [0.717, 1.165) is 11.4 Å². The molecule has 0 fully saturated rings. The molecule has 9 aromatic carbocycles. The Hall–Kier alpha value is -6.48. The molecule has 0 unspecified atom stereocenters. The summed E-state index contributed by atoms with van der Waals surface area (Å²) in [6.07, 6.45) is 0. The summed E-state index contributed by atoms with van der Waals surface area (Å²) in [7, 11) is 0. The van der Waals surface area contributed by atoms with E-state index in [1.807, 2.05) is 11.3 Å². The maximum atomic E-state index is 2.48. The van der Waals surface area contributed by atoms with Crippen molar-refractivity contribution in [3.8, 4) is 33.4 Å². The van der Waals surface area contributed by atoms with Gasteiger partial charge in [-0.1, -0.05) is 164 Å². The van der Waals surface area contributed by atoms with Gasteiger partial charge >= 0.3 is 0 Å². The van der Waals surface area contributed by atoms with Crippen LogP contribution in [0.2, 0.25) is 0 Å². The Kier molecular flexibility index (Phi) is 7.41. The summed E-state index contributed by atoms with van der Waals surface area (Å²) >= 11 is 1.87. The smallest absolute Gasteiger partial charge is 0.0640 e. The zero-order valence-electron chi connectivity index (χ0n) is 28.4. The number of hydrogen-bond donors (Lipinski definition) is 0. The third-order valence-corrected chi connectivity index (χ3v) is 11.5. The predicted octanol–water partition coefficient (Wildman–Crippen LogP) is 14.8. The van der Waals surface area contributed by atoms with Crippen LogP contribution in [0.1, 0.15) is 0 Å². The highest BCUT2D eigenvalue weighted by molar-refractivity contribution is 7.26. The molecule has 0 saturated heterocycles. The SMILES string of the molecule is c1ccc(-c2ccc(-c3ccc4ccccc4c3)cc2N(c2ccc(-c3cccc4ccccc34)cc2)c2cccc3c2sc2ccccc23)cc1. The second-order valence-electron chi connectivity index (χ2n) is 13.3. The molecule has 0 saturated carbocycles. The maximum Gasteiger partial charge on any atom is 0.0640 e. The van der Waals surface area contributed by atoms with Gasteiger partial charge in [0.1, 0.15) is 0 Å². The van der Waals surface area contributed by atoms with E-state index in [2.05, 4.69) is 205 Å². The lowest BCUT2D eigenvalue weighted by Crippen LogP contribution is -2.11. The van der Waals surface area contributed by atoms with Crippen LogP contribution in [0.3, 0.4) is 0 Å². The van der Waals surface area contributed by atoms with Crippen molar-refractivity contribution in [2.75, 3.05) is 4.90 Å². The molecule has 0 bridgehead atoms. The van der Waals surface area contributed by atoms with Crippen LogP contribution in [-0.4, -0.2) is 0 Å². The first-order chi connectivity index (χ1) is 25.8. The molecule has 2 heteroatoms. The van der Waals surface area contributed by atoms with E-state index in [4.69, 9.17) is 0 Å². The second-order valence-corrected chi connectivity index (χ2v) is 14.4. The summed E-state index contributed by atoms with van der Waals surface area (Å²) in [5.41, 5.74) is 10.6. The molecule has 0 aliphatic rings. The average Bonchev–Trinajstić information content (AvgIpc) is 3.61. The molecule has 0 amide bonds. The molecule has 10 aromatic rings. The minimum Gasteiger partial charge on any atom is -0.308 e. The Bertz CT molecular complexity index is 2900. The highest BCUT2D eigenvalue weighted by Crippen LogP contribution is 2.48. The number of fused-ring (bicyclic) bond motifs is 5. The van der Waals surface area contributed by atoms with Crippen LogP contribution in [0.5, 0.6) is 0 Å². The lowest BCUT2D eigenvalue weighted by atomic mass is 9.95. The first-order valence-electron chi connectivity index (χ1n) is 17.8. The monoisotopic (exact) mass is 679 g/mol. The van der Waals surface area contributed by atoms with Crippen LogP contribution in [0, 0.1) is 0 Å². The van der Waals surface area contributed by atoms with E-state index in [9.17, 15) is 0 Å². The van der Waals surface area contributed by atoms with Crippen molar-refractivity contribution < 1.29 is 0 Å². The fourth-order valence-electron chi connectivity index (χ4n) is 7.71. The van der Waals surface area contributed by atoms with Gasteiger partial charge in [0.15, 0.2) is 0 Å². The summed E-state index contributed by atoms with van der Waals surface area (Å²) in [5, 5.41) is 7.58. The Labute approximate surface area is 307 Å². The highest BCUT2D eigenvalue weighted by Gasteiger charge is 2.22. The quantitative estimate of drug-likeness (QED) is 0.169. The molecule has 0 aliphatic carbocycles. The predicted molar refractivity (Wildman–Crippen MR) is 225 cm³/mol. The van der Waals surface area contributed by atoms with Crippen LogP contribution in [0.25, 0.3) is 75.1 Å². The highest BCUT2D eigenvalue weighted by atomic mass is 32.1. The fourth-order valence-corrected chi connectivity index (χ4v) is 8.92. The molecule has 1 aromatic heterocycles. The zero-order chi connectivity index (χ0) is 34.4. The van der Waals surface area contributed by atoms with Crippen molar-refractivity contribution in [3.05, 3.63) is 200 Å². The maximum absolute atomic E-state index is 2.48. The van der Waals surface area contributed by atoms with Crippen molar-refractivity contribution in [1.82, 2.24) is 0 Å². The van der Waals surface area contributed by atoms with Gasteiger partial charge < -0.3 is 4.90 Å². The summed E-state index contributed by atoms with van der Waals surface area (Å²) in [6.45, 7) is 0. The molecule has 0 N–H and O–H groups in total. The summed E-state index contributed by atoms with van der Waals surface area (Å²) in [4.78, 5) is 2.48. The van der Waals surface area contributed by atoms with Crippen LogP contribution in [-0.2, 0) is 0 Å². The van der Waals surface area contributed by atoms with Gasteiger partial charge in [0, 0.05) is 26.7 Å². The number of nitrogens with zero attached hydrogens (tertiary/aromatic N) is 1. The van der Waals surface area contributed by atoms with E-state index in [-0.39, 0.29) is 0 Å². The van der Waals surface area contributed by atoms with Gasteiger partial charge in [-0.15, -0.1) is 11.3 Å². The van der Waals surface area contributed by atoms with Crippen LogP contribution < -0.4 is 4.90 Å². The summed E-state index contributed by atoms with van der Waals surface area (Å²) in [5.74, 6) is 0. The zero-order valence-corrected chi connectivity index (χ0v) is 29.2.